The van der Waals surface area contributed by atoms with E-state index in [2.05, 4.69) is 15.5 Å². The number of anilines is 2. The third-order valence-corrected chi connectivity index (χ3v) is 4.24. The van der Waals surface area contributed by atoms with Crippen LogP contribution in [0.4, 0.5) is 11.7 Å². The third kappa shape index (κ3) is 2.16. The molecule has 0 saturated heterocycles. The fourth-order valence-corrected chi connectivity index (χ4v) is 2.57. The zero-order valence-corrected chi connectivity index (χ0v) is 11.5. The minimum absolute atomic E-state index is 0.0849. The van der Waals surface area contributed by atoms with Crippen LogP contribution in [0, 0.1) is 0 Å². The van der Waals surface area contributed by atoms with Gasteiger partial charge in [-0.1, -0.05) is 17.2 Å². The lowest BCUT2D eigenvalue weighted by Crippen LogP contribution is -2.27. The number of nitrogens with one attached hydrogen (secondary N) is 1. The van der Waals surface area contributed by atoms with E-state index in [-0.39, 0.29) is 11.9 Å². The number of nitrogen functional groups attached to an aromatic ring is 1. The van der Waals surface area contributed by atoms with Gasteiger partial charge in [-0.3, -0.25) is 10.1 Å². The molecule has 2 fully saturated rings. The number of nitrogens with zero attached hydrogens (tertiary/aromatic N) is 2. The summed E-state index contributed by atoms with van der Waals surface area (Å²) in [7, 11) is 0. The first-order valence-electron chi connectivity index (χ1n) is 7.18. The van der Waals surface area contributed by atoms with Gasteiger partial charge < -0.3 is 10.2 Å². The summed E-state index contributed by atoms with van der Waals surface area (Å²) >= 11 is 0. The van der Waals surface area contributed by atoms with Crippen molar-refractivity contribution in [3.8, 4) is 0 Å². The van der Waals surface area contributed by atoms with Crippen molar-refractivity contribution >= 4 is 17.6 Å². The van der Waals surface area contributed by atoms with Gasteiger partial charge in [0.2, 0.25) is 11.8 Å². The zero-order chi connectivity index (χ0) is 14.4. The SMILES string of the molecule is Nc1ccc(C2(C(=O)Nc3nnc(C4CC4)o3)CC2)cc1. The van der Waals surface area contributed by atoms with E-state index in [9.17, 15) is 4.79 Å². The Balaban J connectivity index is 1.52. The number of nitrogens with two attached hydrogens (primary N) is 1. The van der Waals surface area contributed by atoms with E-state index in [1.54, 1.807) is 0 Å². The van der Waals surface area contributed by atoms with Crippen molar-refractivity contribution < 1.29 is 9.21 Å². The maximum Gasteiger partial charge on any atom is 0.322 e. The summed E-state index contributed by atoms with van der Waals surface area (Å²) in [6.07, 6.45) is 3.83. The Bertz CT molecular complexity index is 684. The molecule has 1 aromatic carbocycles. The molecule has 2 aliphatic carbocycles. The van der Waals surface area contributed by atoms with Crippen LogP contribution in [0.25, 0.3) is 0 Å². The molecule has 6 heteroatoms. The molecule has 1 amide bonds. The van der Waals surface area contributed by atoms with Crippen molar-refractivity contribution in [3.63, 3.8) is 0 Å². The summed E-state index contributed by atoms with van der Waals surface area (Å²) in [5, 5.41) is 10.6. The highest BCUT2D eigenvalue weighted by Crippen LogP contribution is 2.49. The van der Waals surface area contributed by atoms with Crippen LogP contribution in [0.3, 0.4) is 0 Å². The predicted octanol–water partition coefficient (Wildman–Crippen LogP) is 2.20. The molecule has 0 atom stereocenters. The Hall–Kier alpha value is -2.37. The molecule has 6 nitrogen and oxygen atoms in total. The Morgan fingerprint density at radius 2 is 1.95 bits per heavy atom. The van der Waals surface area contributed by atoms with Gasteiger partial charge in [0, 0.05) is 11.6 Å². The minimum atomic E-state index is -0.470. The van der Waals surface area contributed by atoms with Gasteiger partial charge in [0.1, 0.15) is 0 Å². The number of rotatable bonds is 4. The molecular weight excluding hydrogens is 268 g/mol. The molecule has 2 saturated carbocycles. The van der Waals surface area contributed by atoms with Crippen molar-refractivity contribution in [3.05, 3.63) is 35.7 Å². The number of hydrogen-bond donors (Lipinski definition) is 2. The van der Waals surface area contributed by atoms with Crippen molar-refractivity contribution in [2.45, 2.75) is 37.0 Å². The van der Waals surface area contributed by atoms with E-state index < -0.39 is 5.41 Å². The number of carbonyl (C=O) groups excluding carboxylic acids is 1. The van der Waals surface area contributed by atoms with E-state index in [1.165, 1.54) is 0 Å². The van der Waals surface area contributed by atoms with Crippen LogP contribution in [0.15, 0.2) is 28.7 Å². The average molecular weight is 284 g/mol. The van der Waals surface area contributed by atoms with Crippen LogP contribution in [0.5, 0.6) is 0 Å². The van der Waals surface area contributed by atoms with Crippen LogP contribution in [0.1, 0.15) is 43.1 Å². The lowest BCUT2D eigenvalue weighted by atomic mass is 9.95. The van der Waals surface area contributed by atoms with Gasteiger partial charge in [-0.25, -0.2) is 0 Å². The largest absolute Gasteiger partial charge is 0.408 e. The first kappa shape index (κ1) is 12.4. The third-order valence-electron chi connectivity index (χ3n) is 4.24. The molecule has 108 valence electrons. The molecule has 4 rings (SSSR count). The lowest BCUT2D eigenvalue weighted by molar-refractivity contribution is -0.118. The molecule has 2 aromatic rings. The van der Waals surface area contributed by atoms with E-state index in [1.807, 2.05) is 24.3 Å². The van der Waals surface area contributed by atoms with Gasteiger partial charge in [0.25, 0.3) is 0 Å². The highest BCUT2D eigenvalue weighted by molar-refractivity contribution is 6.00. The molecule has 3 N–H and O–H groups in total. The van der Waals surface area contributed by atoms with Gasteiger partial charge in [0.05, 0.1) is 5.41 Å². The fourth-order valence-electron chi connectivity index (χ4n) is 2.57. The quantitative estimate of drug-likeness (QED) is 0.839. The first-order valence-corrected chi connectivity index (χ1v) is 7.18. The Labute approximate surface area is 121 Å². The predicted molar refractivity (Wildman–Crippen MR) is 76.7 cm³/mol. The highest BCUT2D eigenvalue weighted by atomic mass is 16.4. The van der Waals surface area contributed by atoms with E-state index >= 15 is 0 Å². The summed E-state index contributed by atoms with van der Waals surface area (Å²) in [4.78, 5) is 12.5. The number of benzene rings is 1. The average Bonchev–Trinajstić information content (AvgIpc) is 3.39. The topological polar surface area (TPSA) is 94.0 Å². The second-order valence-electron chi connectivity index (χ2n) is 5.88. The molecule has 21 heavy (non-hydrogen) atoms. The van der Waals surface area contributed by atoms with Gasteiger partial charge in [-0.15, -0.1) is 5.10 Å². The van der Waals surface area contributed by atoms with Gasteiger partial charge in [0.15, 0.2) is 0 Å². The summed E-state index contributed by atoms with van der Waals surface area (Å²) in [6, 6.07) is 7.65. The number of amides is 1. The van der Waals surface area contributed by atoms with Gasteiger partial charge in [-0.05, 0) is 43.4 Å². The van der Waals surface area contributed by atoms with Crippen LogP contribution in [-0.4, -0.2) is 16.1 Å². The summed E-state index contributed by atoms with van der Waals surface area (Å²) in [6.45, 7) is 0. The smallest absolute Gasteiger partial charge is 0.322 e. The summed E-state index contributed by atoms with van der Waals surface area (Å²) in [5.74, 6) is 0.927. The molecule has 2 aliphatic rings. The van der Waals surface area contributed by atoms with Crippen LogP contribution >= 0.6 is 0 Å². The maximum absolute atomic E-state index is 12.5. The first-order chi connectivity index (χ1) is 10.2. The van der Waals surface area contributed by atoms with Gasteiger partial charge >= 0.3 is 6.01 Å². The maximum atomic E-state index is 12.5. The van der Waals surface area contributed by atoms with Crippen LogP contribution in [-0.2, 0) is 10.2 Å². The lowest BCUT2D eigenvalue weighted by Gasteiger charge is -2.14. The molecule has 0 unspecified atom stereocenters. The number of aromatic nitrogens is 2. The van der Waals surface area contributed by atoms with E-state index in [4.69, 9.17) is 10.2 Å². The highest BCUT2D eigenvalue weighted by Gasteiger charge is 2.51. The van der Waals surface area contributed by atoms with E-state index in [0.717, 1.165) is 31.2 Å². The van der Waals surface area contributed by atoms with Crippen LogP contribution < -0.4 is 11.1 Å². The van der Waals surface area contributed by atoms with Gasteiger partial charge in [-0.2, -0.15) is 0 Å². The summed E-state index contributed by atoms with van der Waals surface area (Å²) in [5.41, 5.74) is 6.90. The van der Waals surface area contributed by atoms with Crippen molar-refractivity contribution in [2.24, 2.45) is 0 Å². The second-order valence-corrected chi connectivity index (χ2v) is 5.88. The van der Waals surface area contributed by atoms with E-state index in [0.29, 0.717) is 17.5 Å². The zero-order valence-electron chi connectivity index (χ0n) is 11.5. The second kappa shape index (κ2) is 4.31. The number of hydrogen-bond acceptors (Lipinski definition) is 5. The fraction of sp³-hybridized carbons (Fsp3) is 0.400. The molecule has 0 radical (unpaired) electrons. The molecule has 1 aromatic heterocycles. The van der Waals surface area contributed by atoms with Crippen LogP contribution in [0.2, 0.25) is 0 Å². The van der Waals surface area contributed by atoms with Crippen molar-refractivity contribution in [1.29, 1.82) is 0 Å². The Morgan fingerprint density at radius 3 is 2.57 bits per heavy atom. The summed E-state index contributed by atoms with van der Waals surface area (Å²) < 4.78 is 5.48. The van der Waals surface area contributed by atoms with Crippen molar-refractivity contribution in [2.75, 3.05) is 11.1 Å². The molecule has 0 aliphatic heterocycles. The molecule has 0 bridgehead atoms. The minimum Gasteiger partial charge on any atom is -0.408 e. The Kier molecular flexibility index (Phi) is 2.54. The standard InChI is InChI=1S/C15H16N4O2/c16-11-5-3-10(4-6-11)15(7-8-15)13(20)17-14-19-18-12(21-14)9-1-2-9/h3-6,9H,1-2,7-8,16H2,(H,17,19,20). The Morgan fingerprint density at radius 1 is 1.24 bits per heavy atom. The molecule has 0 spiro atoms. The normalized spacial score (nSPS) is 19.2. The molecular formula is C15H16N4O2. The monoisotopic (exact) mass is 284 g/mol. The molecule has 1 heterocycles. The number of carbonyl (C=O) groups is 1. The van der Waals surface area contributed by atoms with Crippen molar-refractivity contribution in [1.82, 2.24) is 10.2 Å².